The fourth-order valence-electron chi connectivity index (χ4n) is 5.28. The van der Waals surface area contributed by atoms with E-state index in [1.54, 1.807) is 0 Å². The topological polar surface area (TPSA) is 43.4 Å². The van der Waals surface area contributed by atoms with Gasteiger partial charge in [-0.1, -0.05) is 155 Å². The molecule has 0 radical (unpaired) electrons. The molecule has 0 aromatic carbocycles. The smallest absolute Gasteiger partial charge is 0.189 e. The van der Waals surface area contributed by atoms with E-state index < -0.39 is 5.92 Å². The van der Waals surface area contributed by atoms with Crippen molar-refractivity contribution in [2.24, 2.45) is 5.92 Å². The molecule has 0 aromatic rings. The highest BCUT2D eigenvalue weighted by atomic mass is 31.1. The molecule has 0 aromatic heterocycles. The summed E-state index contributed by atoms with van der Waals surface area (Å²) in [7, 11) is 6.19. The van der Waals surface area contributed by atoms with Crippen LogP contribution in [0.1, 0.15) is 174 Å². The molecule has 0 bridgehead atoms. The summed E-state index contributed by atoms with van der Waals surface area (Å²) < 4.78 is 6.56. The van der Waals surface area contributed by atoms with Crippen LogP contribution in [0.5, 0.6) is 0 Å². The molecule has 238 valence electrons. The maximum Gasteiger partial charge on any atom is 0.189 e. The number of hydrogen-bond acceptors (Lipinski definition) is 3. The fraction of sp³-hybridized carbons (Fsp3) is 0.943. The number of likely N-dealkylation sites (N-methyl/N-ethyl adjacent to an activating group) is 1. The van der Waals surface area contributed by atoms with Gasteiger partial charge in [-0.3, -0.25) is 9.59 Å². The number of rotatable bonds is 32. The van der Waals surface area contributed by atoms with Gasteiger partial charge in [0, 0.05) is 6.42 Å². The largest absolute Gasteiger partial charge is 0.349 e. The van der Waals surface area contributed by atoms with Gasteiger partial charge in [0.15, 0.2) is 5.52 Å². The van der Waals surface area contributed by atoms with Gasteiger partial charge < -0.3 is 9.01 Å². The number of carbonyl (C=O) groups excluding carboxylic acids is 2. The van der Waals surface area contributed by atoms with Crippen LogP contribution in [0.4, 0.5) is 0 Å². The Hall–Kier alpha value is -0.310. The van der Waals surface area contributed by atoms with Crippen molar-refractivity contribution in [2.75, 3.05) is 34.3 Å². The van der Waals surface area contributed by atoms with Crippen molar-refractivity contribution >= 4 is 20.1 Å². The lowest BCUT2D eigenvalue weighted by atomic mass is 9.93. The zero-order valence-electron chi connectivity index (χ0n) is 27.8. The third-order valence-corrected chi connectivity index (χ3v) is 9.01. The summed E-state index contributed by atoms with van der Waals surface area (Å²) in [6.07, 6.45) is 30.9. The molecule has 0 saturated carbocycles. The van der Waals surface area contributed by atoms with Crippen LogP contribution in [0, 0.1) is 5.92 Å². The molecule has 0 heterocycles. The number of hydrogen-bond donors (Lipinski definition) is 0. The lowest BCUT2D eigenvalue weighted by Crippen LogP contribution is -2.37. The Morgan fingerprint density at radius 3 is 1.35 bits per heavy atom. The lowest BCUT2D eigenvalue weighted by molar-refractivity contribution is -0.870. The van der Waals surface area contributed by atoms with Gasteiger partial charge in [0.25, 0.3) is 0 Å². The van der Waals surface area contributed by atoms with Gasteiger partial charge in [-0.15, -0.1) is 0 Å². The van der Waals surface area contributed by atoms with E-state index in [0.717, 1.165) is 43.1 Å². The average Bonchev–Trinajstić information content (AvgIpc) is 2.91. The summed E-state index contributed by atoms with van der Waals surface area (Å²) in [4.78, 5) is 26.1. The first-order chi connectivity index (χ1) is 19.3. The molecule has 0 aliphatic carbocycles. The van der Waals surface area contributed by atoms with Gasteiger partial charge in [0.1, 0.15) is 18.9 Å². The Balaban J connectivity index is 4.22. The third-order valence-electron chi connectivity index (χ3n) is 8.12. The van der Waals surface area contributed by atoms with Gasteiger partial charge in [0.05, 0.1) is 35.9 Å². The van der Waals surface area contributed by atoms with E-state index in [0.29, 0.717) is 13.0 Å². The maximum absolute atomic E-state index is 13.1. The molecule has 40 heavy (non-hydrogen) atoms. The Morgan fingerprint density at radius 2 is 0.950 bits per heavy atom. The van der Waals surface area contributed by atoms with E-state index in [9.17, 15) is 9.59 Å². The minimum Gasteiger partial charge on any atom is -0.349 e. The van der Waals surface area contributed by atoms with Crippen molar-refractivity contribution in [3.8, 4) is 0 Å². The standard InChI is InChI=1S/C35H71NO3P/c1-6-8-10-12-14-16-18-20-21-23-25-27-29-33(35(38)40-39-32-31-36(3,4)5)34(37)30-28-26-24-22-19-17-15-13-11-9-7-2/h33,40H,6-32H2,1-5H3/q+1. The number of carbonyl (C=O) groups is 2. The number of ketones is 1. The Morgan fingerprint density at radius 1 is 0.575 bits per heavy atom. The van der Waals surface area contributed by atoms with Gasteiger partial charge in [-0.05, 0) is 12.8 Å². The van der Waals surface area contributed by atoms with Gasteiger partial charge in [-0.2, -0.15) is 0 Å². The summed E-state index contributed by atoms with van der Waals surface area (Å²) in [5.41, 5.74) is 0.0394. The second-order valence-corrected chi connectivity index (χ2v) is 14.3. The molecule has 0 fully saturated rings. The predicted octanol–water partition coefficient (Wildman–Crippen LogP) is 10.8. The van der Waals surface area contributed by atoms with Crippen LogP contribution in [0.15, 0.2) is 0 Å². The first-order valence-corrected chi connectivity index (χ1v) is 18.5. The Labute approximate surface area is 253 Å². The van der Waals surface area contributed by atoms with E-state index in [1.807, 2.05) is 0 Å². The highest BCUT2D eigenvalue weighted by Crippen LogP contribution is 2.27. The summed E-state index contributed by atoms with van der Waals surface area (Å²) >= 11 is 0. The van der Waals surface area contributed by atoms with E-state index in [1.165, 1.54) is 122 Å². The van der Waals surface area contributed by atoms with Gasteiger partial charge in [0.2, 0.25) is 0 Å². The lowest BCUT2D eigenvalue weighted by Gasteiger charge is -2.23. The van der Waals surface area contributed by atoms with Crippen molar-refractivity contribution in [3.63, 3.8) is 0 Å². The fourth-order valence-corrected chi connectivity index (χ4v) is 6.06. The van der Waals surface area contributed by atoms with Crippen LogP contribution in [0.2, 0.25) is 0 Å². The number of unbranched alkanes of at least 4 members (excludes halogenated alkanes) is 21. The molecular formula is C35H71NO3P+. The van der Waals surface area contributed by atoms with E-state index >= 15 is 0 Å². The molecule has 4 nitrogen and oxygen atoms in total. The van der Waals surface area contributed by atoms with Crippen molar-refractivity contribution in [1.29, 1.82) is 0 Å². The predicted molar refractivity (Wildman–Crippen MR) is 177 cm³/mol. The molecule has 2 unspecified atom stereocenters. The van der Waals surface area contributed by atoms with Crippen molar-refractivity contribution in [1.82, 2.24) is 0 Å². The SMILES string of the molecule is CCCCCCCCCCCCCCC(C(=O)CCCCCCCCCCCCC)C(=O)POCC[N+](C)(C)C. The number of quaternary nitrogens is 1. The third kappa shape index (κ3) is 27.8. The van der Waals surface area contributed by atoms with Crippen LogP contribution < -0.4 is 0 Å². The van der Waals surface area contributed by atoms with Gasteiger partial charge in [-0.25, -0.2) is 0 Å². The van der Waals surface area contributed by atoms with Crippen molar-refractivity contribution in [3.05, 3.63) is 0 Å². The monoisotopic (exact) mass is 585 g/mol. The number of nitrogens with zero attached hydrogens (tertiary/aromatic N) is 1. The second kappa shape index (κ2) is 28.8. The molecule has 0 aliphatic heterocycles. The van der Waals surface area contributed by atoms with Crippen molar-refractivity contribution in [2.45, 2.75) is 174 Å². The van der Waals surface area contributed by atoms with Crippen LogP contribution >= 0.6 is 8.81 Å². The Kier molecular flexibility index (Phi) is 28.6. The summed E-state index contributed by atoms with van der Waals surface area (Å²) in [5.74, 6) is -0.264. The second-order valence-electron chi connectivity index (χ2n) is 13.3. The van der Waals surface area contributed by atoms with Crippen LogP contribution in [-0.4, -0.2) is 50.1 Å². The average molecular weight is 585 g/mol. The van der Waals surface area contributed by atoms with E-state index in [-0.39, 0.29) is 20.1 Å². The summed E-state index contributed by atoms with van der Waals surface area (Å²) in [5, 5.41) is 0. The molecule has 0 N–H and O–H groups in total. The van der Waals surface area contributed by atoms with Gasteiger partial charge >= 0.3 is 0 Å². The minimum absolute atomic E-state index is 0.0394. The molecule has 0 saturated heterocycles. The molecule has 2 atom stereocenters. The molecule has 0 amide bonds. The Bertz CT molecular complexity index is 575. The van der Waals surface area contributed by atoms with Crippen LogP contribution in [0.25, 0.3) is 0 Å². The van der Waals surface area contributed by atoms with Crippen LogP contribution in [0.3, 0.4) is 0 Å². The zero-order valence-corrected chi connectivity index (χ0v) is 28.8. The molecule has 0 spiro atoms. The van der Waals surface area contributed by atoms with E-state index in [2.05, 4.69) is 35.0 Å². The quantitative estimate of drug-likeness (QED) is 0.0342. The van der Waals surface area contributed by atoms with E-state index in [4.69, 9.17) is 4.52 Å². The zero-order chi connectivity index (χ0) is 29.7. The van der Waals surface area contributed by atoms with Crippen molar-refractivity contribution < 1.29 is 18.6 Å². The summed E-state index contributed by atoms with van der Waals surface area (Å²) in [6.45, 7) is 5.99. The first-order valence-electron chi connectivity index (χ1n) is 17.6. The number of Topliss-reactive ketones (excluding diaryl/α,β-unsaturated/α-hetero) is 1. The molecule has 5 heteroatoms. The molecular weight excluding hydrogens is 513 g/mol. The molecule has 0 rings (SSSR count). The molecule has 0 aliphatic rings. The first kappa shape index (κ1) is 39.7. The summed E-state index contributed by atoms with van der Waals surface area (Å²) in [6, 6.07) is 0. The highest BCUT2D eigenvalue weighted by Gasteiger charge is 2.26. The highest BCUT2D eigenvalue weighted by molar-refractivity contribution is 7.53. The van der Waals surface area contributed by atoms with Crippen LogP contribution in [-0.2, 0) is 14.1 Å². The maximum atomic E-state index is 13.1. The minimum atomic E-state index is -0.436. The normalized spacial score (nSPS) is 12.9.